The normalized spacial score (nSPS) is 16.2. The van der Waals surface area contributed by atoms with Crippen LogP contribution in [0.1, 0.15) is 105 Å². The Morgan fingerprint density at radius 1 is 0.600 bits per heavy atom. The zero-order valence-electron chi connectivity index (χ0n) is 19.2. The predicted molar refractivity (Wildman–Crippen MR) is 116 cm³/mol. The lowest BCUT2D eigenvalue weighted by Gasteiger charge is -2.26. The summed E-state index contributed by atoms with van der Waals surface area (Å²) in [6.07, 6.45) is 15.7. The van der Waals surface area contributed by atoms with Gasteiger partial charge in [-0.3, -0.25) is 0 Å². The molecule has 0 heterocycles. The van der Waals surface area contributed by atoms with Gasteiger partial charge in [0.1, 0.15) is 0 Å². The minimum absolute atomic E-state index is 0.876. The number of hydrogen-bond acceptors (Lipinski definition) is 0. The van der Waals surface area contributed by atoms with Gasteiger partial charge in [-0.1, -0.05) is 98.8 Å². The molecule has 0 rings (SSSR count). The summed E-state index contributed by atoms with van der Waals surface area (Å²) < 4.78 is 1.11. The molecule has 0 radical (unpaired) electrons. The number of quaternary nitrogens is 1. The molecular weight excluding hydrogens is 302 g/mol. The quantitative estimate of drug-likeness (QED) is 0.251. The smallest absolute Gasteiger partial charge is 0.0783 e. The highest BCUT2D eigenvalue weighted by Gasteiger charge is 2.13. The van der Waals surface area contributed by atoms with Crippen molar-refractivity contribution >= 4 is 0 Å². The molecule has 3 unspecified atom stereocenters. The van der Waals surface area contributed by atoms with Crippen molar-refractivity contribution in [3.63, 3.8) is 0 Å². The van der Waals surface area contributed by atoms with Crippen LogP contribution in [0, 0.1) is 23.7 Å². The van der Waals surface area contributed by atoms with E-state index in [9.17, 15) is 0 Å². The van der Waals surface area contributed by atoms with Crippen LogP contribution < -0.4 is 0 Å². The van der Waals surface area contributed by atoms with E-state index in [2.05, 4.69) is 55.8 Å². The Hall–Kier alpha value is -0.0400. The van der Waals surface area contributed by atoms with Crippen molar-refractivity contribution in [3.05, 3.63) is 0 Å². The van der Waals surface area contributed by atoms with E-state index in [1.807, 2.05) is 0 Å². The van der Waals surface area contributed by atoms with E-state index in [4.69, 9.17) is 0 Å². The lowest BCUT2D eigenvalue weighted by molar-refractivity contribution is -0.871. The van der Waals surface area contributed by atoms with Crippen LogP contribution in [-0.4, -0.2) is 32.2 Å². The molecule has 0 aromatic carbocycles. The molecule has 1 heteroatoms. The minimum atomic E-state index is 0.876. The van der Waals surface area contributed by atoms with Gasteiger partial charge in [-0.2, -0.15) is 0 Å². The summed E-state index contributed by atoms with van der Waals surface area (Å²) in [4.78, 5) is 0. The largest absolute Gasteiger partial charge is 0.331 e. The van der Waals surface area contributed by atoms with Crippen molar-refractivity contribution in [2.45, 2.75) is 105 Å². The van der Waals surface area contributed by atoms with Gasteiger partial charge in [0.2, 0.25) is 0 Å². The van der Waals surface area contributed by atoms with E-state index in [0.717, 1.165) is 28.2 Å². The molecule has 0 saturated heterocycles. The van der Waals surface area contributed by atoms with Gasteiger partial charge in [-0.25, -0.2) is 0 Å². The average molecular weight is 355 g/mol. The first-order valence-electron chi connectivity index (χ1n) is 11.4. The molecule has 0 amide bonds. The molecule has 0 saturated carbocycles. The van der Waals surface area contributed by atoms with Crippen LogP contribution in [0.25, 0.3) is 0 Å². The molecule has 0 N–H and O–H groups in total. The molecule has 0 aliphatic carbocycles. The fraction of sp³-hybridized carbons (Fsp3) is 1.00. The van der Waals surface area contributed by atoms with Crippen LogP contribution in [0.5, 0.6) is 0 Å². The Morgan fingerprint density at radius 3 is 1.44 bits per heavy atom. The maximum Gasteiger partial charge on any atom is 0.0783 e. The summed E-state index contributed by atoms with van der Waals surface area (Å²) in [7, 11) is 6.95. The average Bonchev–Trinajstić information content (AvgIpc) is 2.49. The zero-order valence-corrected chi connectivity index (χ0v) is 19.2. The Balaban J connectivity index is 3.69. The first-order chi connectivity index (χ1) is 11.6. The summed E-state index contributed by atoms with van der Waals surface area (Å²) in [5.41, 5.74) is 0. The third-order valence-corrected chi connectivity index (χ3v) is 5.97. The van der Waals surface area contributed by atoms with Crippen LogP contribution in [0.2, 0.25) is 0 Å². The second-order valence-electron chi connectivity index (χ2n) is 10.5. The molecule has 0 aromatic rings. The van der Waals surface area contributed by atoms with Gasteiger partial charge in [0.25, 0.3) is 0 Å². The van der Waals surface area contributed by atoms with Gasteiger partial charge in [0.15, 0.2) is 0 Å². The summed E-state index contributed by atoms with van der Waals surface area (Å²) in [5, 5.41) is 0. The lowest BCUT2D eigenvalue weighted by atomic mass is 9.89. The highest BCUT2D eigenvalue weighted by molar-refractivity contribution is 4.62. The first-order valence-corrected chi connectivity index (χ1v) is 11.4. The Labute approximate surface area is 161 Å². The number of nitrogens with zero attached hydrogens (tertiary/aromatic N) is 1. The maximum atomic E-state index is 2.48. The second-order valence-corrected chi connectivity index (χ2v) is 10.5. The summed E-state index contributed by atoms with van der Waals surface area (Å²) in [6.45, 7) is 13.3. The molecule has 0 aliphatic heterocycles. The molecule has 3 atom stereocenters. The molecule has 0 fully saturated rings. The van der Waals surface area contributed by atoms with E-state index in [1.165, 1.54) is 77.2 Å². The molecule has 1 nitrogen and oxygen atoms in total. The Kier molecular flexibility index (Phi) is 14.0. The third kappa shape index (κ3) is 17.1. The van der Waals surface area contributed by atoms with E-state index in [-0.39, 0.29) is 0 Å². The summed E-state index contributed by atoms with van der Waals surface area (Å²) >= 11 is 0. The van der Waals surface area contributed by atoms with Crippen LogP contribution in [0.15, 0.2) is 0 Å². The fourth-order valence-electron chi connectivity index (χ4n) is 3.86. The van der Waals surface area contributed by atoms with Crippen molar-refractivity contribution < 1.29 is 4.48 Å². The summed E-state index contributed by atoms with van der Waals surface area (Å²) in [6, 6.07) is 0. The highest BCUT2D eigenvalue weighted by atomic mass is 15.3. The van der Waals surface area contributed by atoms with Gasteiger partial charge in [-0.15, -0.1) is 0 Å². The molecule has 25 heavy (non-hydrogen) atoms. The summed E-state index contributed by atoms with van der Waals surface area (Å²) in [5.74, 6) is 3.69. The molecule has 0 aromatic heterocycles. The SMILES string of the molecule is CCC(CCCC(C)CCCC(C)CCCC(C)C)CC[N+](C)(C)C. The van der Waals surface area contributed by atoms with Crippen LogP contribution in [-0.2, 0) is 0 Å². The topological polar surface area (TPSA) is 0 Å². The third-order valence-electron chi connectivity index (χ3n) is 5.97. The van der Waals surface area contributed by atoms with Gasteiger partial charge in [0.05, 0.1) is 27.7 Å². The van der Waals surface area contributed by atoms with E-state index >= 15 is 0 Å². The highest BCUT2D eigenvalue weighted by Crippen LogP contribution is 2.24. The Morgan fingerprint density at radius 2 is 1.04 bits per heavy atom. The van der Waals surface area contributed by atoms with Gasteiger partial charge in [-0.05, 0) is 30.1 Å². The standard InChI is InChI=1S/C24H52N/c1-9-24(19-20-25(6,7)8)18-12-17-23(5)16-11-15-22(4)14-10-13-21(2)3/h21-24H,9-20H2,1-8H3/q+1. The van der Waals surface area contributed by atoms with Gasteiger partial charge < -0.3 is 4.48 Å². The minimum Gasteiger partial charge on any atom is -0.331 e. The molecule has 0 aliphatic rings. The van der Waals surface area contributed by atoms with Gasteiger partial charge >= 0.3 is 0 Å². The van der Waals surface area contributed by atoms with Crippen molar-refractivity contribution in [1.82, 2.24) is 0 Å². The van der Waals surface area contributed by atoms with Gasteiger partial charge in [0, 0.05) is 0 Å². The van der Waals surface area contributed by atoms with Crippen molar-refractivity contribution in [2.24, 2.45) is 23.7 Å². The maximum absolute atomic E-state index is 2.48. The molecule has 0 bridgehead atoms. The molecule has 0 spiro atoms. The zero-order chi connectivity index (χ0) is 19.3. The fourth-order valence-corrected chi connectivity index (χ4v) is 3.86. The lowest BCUT2D eigenvalue weighted by Crippen LogP contribution is -2.36. The van der Waals surface area contributed by atoms with Crippen molar-refractivity contribution in [1.29, 1.82) is 0 Å². The van der Waals surface area contributed by atoms with Crippen LogP contribution in [0.3, 0.4) is 0 Å². The molecular formula is C24H52N+. The number of hydrogen-bond donors (Lipinski definition) is 0. The molecule has 152 valence electrons. The van der Waals surface area contributed by atoms with E-state index in [1.54, 1.807) is 0 Å². The first kappa shape index (κ1) is 25.0. The van der Waals surface area contributed by atoms with Crippen LogP contribution in [0.4, 0.5) is 0 Å². The van der Waals surface area contributed by atoms with Crippen LogP contribution >= 0.6 is 0 Å². The van der Waals surface area contributed by atoms with E-state index in [0.29, 0.717) is 0 Å². The van der Waals surface area contributed by atoms with E-state index < -0.39 is 0 Å². The number of rotatable bonds is 16. The Bertz CT molecular complexity index is 289. The second kappa shape index (κ2) is 14.1. The van der Waals surface area contributed by atoms with Crippen molar-refractivity contribution in [2.75, 3.05) is 27.7 Å². The monoisotopic (exact) mass is 354 g/mol. The predicted octanol–water partition coefficient (Wildman–Crippen LogP) is 7.55. The van der Waals surface area contributed by atoms with Crippen molar-refractivity contribution in [3.8, 4) is 0 Å².